The van der Waals surface area contributed by atoms with Crippen molar-refractivity contribution in [1.82, 2.24) is 0 Å². The zero-order valence-corrected chi connectivity index (χ0v) is 11.7. The molecule has 0 radical (unpaired) electrons. The van der Waals surface area contributed by atoms with Gasteiger partial charge in [0.15, 0.2) is 0 Å². The van der Waals surface area contributed by atoms with E-state index in [4.69, 9.17) is 14.7 Å². The van der Waals surface area contributed by atoms with Crippen LogP contribution in [0.4, 0.5) is 0 Å². The zero-order valence-electron chi connectivity index (χ0n) is 7.05. The van der Waals surface area contributed by atoms with Gasteiger partial charge in [0.1, 0.15) is 0 Å². The molecule has 6 heteroatoms. The van der Waals surface area contributed by atoms with Gasteiger partial charge in [0, 0.05) is 19.5 Å². The van der Waals surface area contributed by atoms with Gasteiger partial charge in [-0.2, -0.15) is 0 Å². The third kappa shape index (κ3) is 74.7. The second-order valence-electron chi connectivity index (χ2n) is 1.59. The Morgan fingerprint density at radius 3 is 1.83 bits per heavy atom. The second kappa shape index (κ2) is 11.6. The van der Waals surface area contributed by atoms with Crippen LogP contribution in [0.15, 0.2) is 24.8 Å². The molecule has 0 saturated carbocycles. The van der Waals surface area contributed by atoms with Gasteiger partial charge in [-0.25, -0.2) is 0 Å². The molecule has 0 rings (SSSR count). The third-order valence-corrected chi connectivity index (χ3v) is 0.508. The molecule has 0 amide bonds. The molecule has 3 N–H and O–H groups in total. The van der Waals surface area contributed by atoms with Crippen molar-refractivity contribution < 1.29 is 34.2 Å². The molecule has 0 aliphatic heterocycles. The number of hydrogen-bond donors (Lipinski definition) is 3. The van der Waals surface area contributed by atoms with E-state index in [9.17, 15) is 0 Å². The largest absolute Gasteiger partial charge is 0.325 e. The maximum Gasteiger partial charge on any atom is 0.319 e. The molecule has 3 nitrogen and oxygen atoms in total. The minimum Gasteiger partial charge on any atom is -0.325 e. The van der Waals surface area contributed by atoms with Crippen LogP contribution in [0.2, 0.25) is 0 Å². The Labute approximate surface area is 90.8 Å². The molecule has 0 atom stereocenters. The van der Waals surface area contributed by atoms with Crippen LogP contribution in [-0.4, -0.2) is 14.7 Å². The van der Waals surface area contributed by atoms with Gasteiger partial charge in [-0.05, 0) is 18.2 Å². The molecular weight excluding hydrogens is 248 g/mol. The summed E-state index contributed by atoms with van der Waals surface area (Å²) in [6.45, 7) is 1.80. The monoisotopic (exact) mass is 260 g/mol. The van der Waals surface area contributed by atoms with E-state index in [1.807, 2.05) is 6.08 Å². The first kappa shape index (κ1) is 18.4. The first-order valence-electron chi connectivity index (χ1n) is 2.97. The van der Waals surface area contributed by atoms with Crippen LogP contribution in [0.1, 0.15) is 13.3 Å². The van der Waals surface area contributed by atoms with Crippen molar-refractivity contribution in [2.75, 3.05) is 0 Å². The number of hydrogen-bond acceptors (Lipinski definition) is 1. The van der Waals surface area contributed by atoms with Gasteiger partial charge in [-0.1, -0.05) is 31.7 Å². The van der Waals surface area contributed by atoms with E-state index in [-0.39, 0.29) is 19.5 Å². The number of allylic oxidation sites excluding steroid dienone is 3. The Kier molecular flexibility index (Phi) is 17.9. The first-order chi connectivity index (χ1) is 4.91. The van der Waals surface area contributed by atoms with Crippen LogP contribution in [-0.2, 0) is 31.3 Å². The molecule has 0 aromatic rings. The van der Waals surface area contributed by atoms with Crippen molar-refractivity contribution in [2.24, 2.45) is 0 Å². The summed E-state index contributed by atoms with van der Waals surface area (Å²) in [6.07, 6.45) is 6.89. The minimum atomic E-state index is -3.81. The Morgan fingerprint density at radius 1 is 1.42 bits per heavy atom. The molecule has 0 aromatic heterocycles. The Balaban J connectivity index is -0.000000126. The van der Waals surface area contributed by atoms with E-state index >= 15 is 0 Å². The van der Waals surface area contributed by atoms with E-state index in [2.05, 4.69) is 31.4 Å². The SMILES string of the molecule is C=CC=CCC.OP(O)(O)=S.[Zn]. The Hall–Kier alpha value is 0.633. The molecule has 0 saturated heterocycles. The van der Waals surface area contributed by atoms with Crippen molar-refractivity contribution in [3.8, 4) is 0 Å². The van der Waals surface area contributed by atoms with E-state index in [0.29, 0.717) is 0 Å². The first-order valence-corrected chi connectivity index (χ1v) is 5.63. The summed E-state index contributed by atoms with van der Waals surface area (Å²) >= 11 is 3.60. The predicted molar refractivity (Wildman–Crippen MR) is 50.6 cm³/mol. The summed E-state index contributed by atoms with van der Waals surface area (Å²) in [5.74, 6) is 0. The van der Waals surface area contributed by atoms with Crippen molar-refractivity contribution in [3.05, 3.63) is 24.8 Å². The number of rotatable bonds is 2. The summed E-state index contributed by atoms with van der Waals surface area (Å²) in [7, 11) is 0. The molecular formula is C6H13O3PSZn. The fourth-order valence-electron chi connectivity index (χ4n) is 0.232. The van der Waals surface area contributed by atoms with Crippen molar-refractivity contribution >= 4 is 18.5 Å². The summed E-state index contributed by atoms with van der Waals surface area (Å²) in [6, 6.07) is 0. The van der Waals surface area contributed by atoms with Crippen molar-refractivity contribution in [1.29, 1.82) is 0 Å². The third-order valence-electron chi connectivity index (χ3n) is 0.508. The maximum atomic E-state index is 7.56. The van der Waals surface area contributed by atoms with Crippen molar-refractivity contribution in [2.45, 2.75) is 13.3 Å². The average Bonchev–Trinajstić information content (AvgIpc) is 1.79. The molecule has 0 unspecified atom stereocenters. The van der Waals surface area contributed by atoms with E-state index < -0.39 is 6.72 Å². The molecule has 0 heterocycles. The summed E-state index contributed by atoms with van der Waals surface area (Å²) < 4.78 is 0. The standard InChI is InChI=1S/C6H10.H3O3PS.Zn/c1-3-5-6-4-2;1-4(2,3)5;/h3,5-6H,1,4H2,2H3;(H3,1,2,3,5);. The fourth-order valence-corrected chi connectivity index (χ4v) is 0.232. The molecule has 0 spiro atoms. The van der Waals surface area contributed by atoms with Gasteiger partial charge in [-0.15, -0.1) is 0 Å². The zero-order chi connectivity index (χ0) is 9.33. The quantitative estimate of drug-likeness (QED) is 0.399. The predicted octanol–water partition coefficient (Wildman–Crippen LogP) is 1.32. The van der Waals surface area contributed by atoms with Gasteiger partial charge in [0.25, 0.3) is 0 Å². The molecule has 0 aliphatic carbocycles. The molecule has 0 fully saturated rings. The summed E-state index contributed by atoms with van der Waals surface area (Å²) in [5, 5.41) is 0. The van der Waals surface area contributed by atoms with E-state index in [1.165, 1.54) is 0 Å². The Bertz CT molecular complexity index is 158. The van der Waals surface area contributed by atoms with Crippen LogP contribution >= 0.6 is 6.72 Å². The molecule has 0 bridgehead atoms. The second-order valence-corrected chi connectivity index (χ2v) is 4.08. The smallest absolute Gasteiger partial charge is 0.319 e. The van der Waals surface area contributed by atoms with Crippen LogP contribution in [0.25, 0.3) is 0 Å². The van der Waals surface area contributed by atoms with Crippen LogP contribution in [0.5, 0.6) is 0 Å². The summed E-state index contributed by atoms with van der Waals surface area (Å²) in [5.41, 5.74) is 0. The van der Waals surface area contributed by atoms with Crippen molar-refractivity contribution in [3.63, 3.8) is 0 Å². The molecule has 0 aromatic carbocycles. The maximum absolute atomic E-state index is 7.56. The van der Waals surface area contributed by atoms with Gasteiger partial charge in [0.05, 0.1) is 0 Å². The van der Waals surface area contributed by atoms with E-state index in [0.717, 1.165) is 6.42 Å². The normalized spacial score (nSPS) is 9.67. The molecule has 12 heavy (non-hydrogen) atoms. The summed E-state index contributed by atoms with van der Waals surface area (Å²) in [4.78, 5) is 22.7. The molecule has 0 aliphatic rings. The van der Waals surface area contributed by atoms with Crippen LogP contribution in [0, 0.1) is 0 Å². The van der Waals surface area contributed by atoms with Gasteiger partial charge < -0.3 is 14.7 Å². The van der Waals surface area contributed by atoms with Gasteiger partial charge in [-0.3, -0.25) is 0 Å². The Morgan fingerprint density at radius 2 is 1.75 bits per heavy atom. The fraction of sp³-hybridized carbons (Fsp3) is 0.333. The van der Waals surface area contributed by atoms with Gasteiger partial charge >= 0.3 is 6.72 Å². The van der Waals surface area contributed by atoms with Crippen LogP contribution < -0.4 is 0 Å². The van der Waals surface area contributed by atoms with Gasteiger partial charge in [0.2, 0.25) is 0 Å². The molecule has 68 valence electrons. The average molecular weight is 262 g/mol. The van der Waals surface area contributed by atoms with E-state index in [1.54, 1.807) is 6.08 Å². The van der Waals surface area contributed by atoms with Crippen LogP contribution in [0.3, 0.4) is 0 Å². The minimum absolute atomic E-state index is 0. The topological polar surface area (TPSA) is 60.7 Å².